The molecule has 1 fully saturated rings. The molecule has 2 rings (SSSR count). The first kappa shape index (κ1) is 11.1. The Morgan fingerprint density at radius 2 is 2.25 bits per heavy atom. The van der Waals surface area contributed by atoms with Gasteiger partial charge in [0.2, 0.25) is 5.82 Å². The minimum atomic E-state index is -0.376. The first-order valence-electron chi connectivity index (χ1n) is 5.79. The van der Waals surface area contributed by atoms with Crippen molar-refractivity contribution < 1.29 is 9.53 Å². The lowest BCUT2D eigenvalue weighted by Gasteiger charge is -2.07. The van der Waals surface area contributed by atoms with E-state index >= 15 is 0 Å². The van der Waals surface area contributed by atoms with E-state index in [1.807, 2.05) is 11.5 Å². The van der Waals surface area contributed by atoms with Gasteiger partial charge >= 0.3 is 5.97 Å². The predicted octanol–water partition coefficient (Wildman–Crippen LogP) is 1.56. The second-order valence-corrected chi connectivity index (χ2v) is 4.17. The lowest BCUT2D eigenvalue weighted by atomic mass is 10.3. The van der Waals surface area contributed by atoms with Crippen LogP contribution >= 0.6 is 0 Å². The van der Waals surface area contributed by atoms with Gasteiger partial charge in [-0.15, -0.1) is 10.2 Å². The number of rotatable bonds is 5. The molecule has 0 unspecified atom stereocenters. The Kier molecular flexibility index (Phi) is 3.22. The molecule has 0 bridgehead atoms. The van der Waals surface area contributed by atoms with Crippen molar-refractivity contribution in [3.05, 3.63) is 11.6 Å². The third kappa shape index (κ3) is 2.40. The van der Waals surface area contributed by atoms with Crippen LogP contribution in [0.2, 0.25) is 0 Å². The lowest BCUT2D eigenvalue weighted by molar-refractivity contribution is 0.0505. The summed E-state index contributed by atoms with van der Waals surface area (Å²) in [4.78, 5) is 11.6. The Morgan fingerprint density at radius 3 is 2.88 bits per heavy atom. The third-order valence-corrected chi connectivity index (χ3v) is 2.85. The maximum atomic E-state index is 11.6. The Labute approximate surface area is 94.8 Å². The molecule has 1 heterocycles. The Balaban J connectivity index is 2.07. The molecule has 0 spiro atoms. The summed E-state index contributed by atoms with van der Waals surface area (Å²) in [6, 6.07) is 0. The number of hydrogen-bond donors (Lipinski definition) is 0. The number of hydrogen-bond acceptors (Lipinski definition) is 4. The molecule has 1 aliphatic carbocycles. The highest BCUT2D eigenvalue weighted by atomic mass is 16.5. The van der Waals surface area contributed by atoms with Crippen LogP contribution in [-0.2, 0) is 11.3 Å². The summed E-state index contributed by atoms with van der Waals surface area (Å²) >= 11 is 0. The van der Waals surface area contributed by atoms with Gasteiger partial charge in [0.05, 0.1) is 6.61 Å². The number of carbonyl (C=O) groups is 1. The number of nitrogens with zero attached hydrogens (tertiary/aromatic N) is 3. The van der Waals surface area contributed by atoms with Crippen molar-refractivity contribution in [2.24, 2.45) is 5.92 Å². The van der Waals surface area contributed by atoms with E-state index in [1.165, 1.54) is 12.8 Å². The number of carbonyl (C=O) groups excluding carboxylic acids is 1. The summed E-state index contributed by atoms with van der Waals surface area (Å²) < 4.78 is 6.80. The van der Waals surface area contributed by atoms with Crippen LogP contribution in [0.4, 0.5) is 0 Å². The van der Waals surface area contributed by atoms with Gasteiger partial charge in [0.1, 0.15) is 5.82 Å². The highest BCUT2D eigenvalue weighted by Gasteiger charge is 2.23. The molecule has 5 heteroatoms. The predicted molar refractivity (Wildman–Crippen MR) is 58.1 cm³/mol. The Bertz CT molecular complexity index is 383. The lowest BCUT2D eigenvalue weighted by Crippen LogP contribution is -2.14. The zero-order valence-corrected chi connectivity index (χ0v) is 9.77. The first-order valence-corrected chi connectivity index (χ1v) is 5.79. The minimum Gasteiger partial charge on any atom is -0.460 e. The number of aromatic nitrogens is 3. The van der Waals surface area contributed by atoms with Crippen LogP contribution in [0.1, 0.15) is 42.6 Å². The van der Waals surface area contributed by atoms with Crippen LogP contribution in [0, 0.1) is 12.8 Å². The van der Waals surface area contributed by atoms with E-state index in [2.05, 4.69) is 10.2 Å². The van der Waals surface area contributed by atoms with Gasteiger partial charge in [-0.05, 0) is 26.2 Å². The Morgan fingerprint density at radius 1 is 1.50 bits per heavy atom. The largest absolute Gasteiger partial charge is 0.460 e. The fourth-order valence-corrected chi connectivity index (χ4v) is 1.71. The van der Waals surface area contributed by atoms with Crippen molar-refractivity contribution >= 4 is 5.97 Å². The molecule has 0 aliphatic heterocycles. The molecule has 0 N–H and O–H groups in total. The van der Waals surface area contributed by atoms with Gasteiger partial charge in [0, 0.05) is 6.54 Å². The van der Waals surface area contributed by atoms with E-state index in [0.29, 0.717) is 12.4 Å². The molecule has 1 aliphatic rings. The quantitative estimate of drug-likeness (QED) is 0.711. The third-order valence-electron chi connectivity index (χ3n) is 2.85. The fraction of sp³-hybridized carbons (Fsp3) is 0.727. The molecule has 1 aromatic heterocycles. The van der Waals surface area contributed by atoms with Gasteiger partial charge in [0.25, 0.3) is 0 Å². The van der Waals surface area contributed by atoms with E-state index in [-0.39, 0.29) is 5.97 Å². The van der Waals surface area contributed by atoms with E-state index in [4.69, 9.17) is 4.74 Å². The molecule has 16 heavy (non-hydrogen) atoms. The van der Waals surface area contributed by atoms with E-state index in [0.717, 1.165) is 24.7 Å². The molecule has 0 atom stereocenters. The highest BCUT2D eigenvalue weighted by molar-refractivity contribution is 5.85. The van der Waals surface area contributed by atoms with Gasteiger partial charge in [-0.25, -0.2) is 4.79 Å². The monoisotopic (exact) mass is 223 g/mol. The molecule has 88 valence electrons. The van der Waals surface area contributed by atoms with Crippen LogP contribution in [0.3, 0.4) is 0 Å². The zero-order valence-electron chi connectivity index (χ0n) is 9.77. The molecule has 5 nitrogen and oxygen atoms in total. The topological polar surface area (TPSA) is 57.0 Å². The van der Waals surface area contributed by atoms with Crippen molar-refractivity contribution in [3.8, 4) is 0 Å². The summed E-state index contributed by atoms with van der Waals surface area (Å²) in [6.07, 6.45) is 3.73. The van der Waals surface area contributed by atoms with E-state index < -0.39 is 0 Å². The SMILES string of the molecule is CCOC(=O)c1nnc(C)n1CCC1CC1. The van der Waals surface area contributed by atoms with Crippen LogP contribution in [-0.4, -0.2) is 27.3 Å². The number of esters is 1. The van der Waals surface area contributed by atoms with Crippen LogP contribution in [0.5, 0.6) is 0 Å². The second-order valence-electron chi connectivity index (χ2n) is 4.17. The fourth-order valence-electron chi connectivity index (χ4n) is 1.71. The highest BCUT2D eigenvalue weighted by Crippen LogP contribution is 2.32. The molecule has 1 saturated carbocycles. The minimum absolute atomic E-state index is 0.333. The van der Waals surface area contributed by atoms with Crippen molar-refractivity contribution in [3.63, 3.8) is 0 Å². The van der Waals surface area contributed by atoms with E-state index in [1.54, 1.807) is 6.92 Å². The summed E-state index contributed by atoms with van der Waals surface area (Å²) in [5, 5.41) is 7.80. The molecular formula is C11H17N3O2. The van der Waals surface area contributed by atoms with Crippen molar-refractivity contribution in [1.82, 2.24) is 14.8 Å². The van der Waals surface area contributed by atoms with Crippen LogP contribution in [0.25, 0.3) is 0 Å². The average molecular weight is 223 g/mol. The molecule has 0 aromatic carbocycles. The van der Waals surface area contributed by atoms with E-state index in [9.17, 15) is 4.79 Å². The smallest absolute Gasteiger partial charge is 0.376 e. The molecule has 0 radical (unpaired) electrons. The molecule has 1 aromatic rings. The molecular weight excluding hydrogens is 206 g/mol. The average Bonchev–Trinajstić information content (AvgIpc) is 3.00. The summed E-state index contributed by atoms with van der Waals surface area (Å²) in [7, 11) is 0. The zero-order chi connectivity index (χ0) is 11.5. The van der Waals surface area contributed by atoms with Gasteiger partial charge in [-0.2, -0.15) is 0 Å². The number of aryl methyl sites for hydroxylation is 1. The first-order chi connectivity index (χ1) is 7.72. The summed E-state index contributed by atoms with van der Waals surface area (Å²) in [5.41, 5.74) is 0. The van der Waals surface area contributed by atoms with Crippen molar-refractivity contribution in [1.29, 1.82) is 0 Å². The van der Waals surface area contributed by atoms with Gasteiger partial charge in [-0.1, -0.05) is 12.8 Å². The van der Waals surface area contributed by atoms with Crippen LogP contribution in [0.15, 0.2) is 0 Å². The number of ether oxygens (including phenoxy) is 1. The summed E-state index contributed by atoms with van der Waals surface area (Å²) in [6.45, 7) is 4.84. The second kappa shape index (κ2) is 4.63. The maximum Gasteiger partial charge on any atom is 0.376 e. The maximum absolute atomic E-state index is 11.6. The van der Waals surface area contributed by atoms with Crippen LogP contribution < -0.4 is 0 Å². The molecule has 0 amide bonds. The normalized spacial score (nSPS) is 15.1. The van der Waals surface area contributed by atoms with Gasteiger partial charge < -0.3 is 9.30 Å². The Hall–Kier alpha value is -1.39. The van der Waals surface area contributed by atoms with Gasteiger partial charge in [0.15, 0.2) is 0 Å². The summed E-state index contributed by atoms with van der Waals surface area (Å²) in [5.74, 6) is 1.57. The standard InChI is InChI=1S/C11H17N3O2/c1-3-16-11(15)10-13-12-8(2)14(10)7-6-9-4-5-9/h9H,3-7H2,1-2H3. The molecule has 0 saturated heterocycles. The van der Waals surface area contributed by atoms with Crippen molar-refractivity contribution in [2.45, 2.75) is 39.7 Å². The van der Waals surface area contributed by atoms with Gasteiger partial charge in [-0.3, -0.25) is 0 Å². The van der Waals surface area contributed by atoms with Crippen molar-refractivity contribution in [2.75, 3.05) is 6.61 Å².